The number of urea groups is 1. The molecule has 7 nitrogen and oxygen atoms in total. The SMILES string of the molecule is O=C1NC2(CCN(c3ncc(C(F)(F)F)cc3Cl)CC2)NN1c1ncc(C(F)(F)F)cc1Cl. The van der Waals surface area contributed by atoms with E-state index in [1.807, 2.05) is 0 Å². The summed E-state index contributed by atoms with van der Waals surface area (Å²) in [4.78, 5) is 21.7. The molecule has 0 bridgehead atoms. The summed E-state index contributed by atoms with van der Waals surface area (Å²) in [6.07, 6.45) is -7.38. The van der Waals surface area contributed by atoms with Crippen LogP contribution >= 0.6 is 23.2 Å². The smallest absolute Gasteiger partial charge is 0.355 e. The summed E-state index contributed by atoms with van der Waals surface area (Å²) in [7, 11) is 0. The van der Waals surface area contributed by atoms with E-state index in [-0.39, 0.29) is 47.6 Å². The van der Waals surface area contributed by atoms with Crippen LogP contribution in [0.5, 0.6) is 0 Å². The van der Waals surface area contributed by atoms with E-state index in [1.54, 1.807) is 4.90 Å². The Morgan fingerprint density at radius 3 is 1.82 bits per heavy atom. The number of carbonyl (C=O) groups excluding carboxylic acids is 1. The van der Waals surface area contributed by atoms with Gasteiger partial charge in [0.2, 0.25) is 0 Å². The van der Waals surface area contributed by atoms with Crippen molar-refractivity contribution >= 4 is 40.9 Å². The highest BCUT2D eigenvalue weighted by atomic mass is 35.5. The first-order valence-corrected chi connectivity index (χ1v) is 10.2. The van der Waals surface area contributed by atoms with Crippen molar-refractivity contribution in [1.82, 2.24) is 20.7 Å². The predicted octanol–water partition coefficient (Wildman–Crippen LogP) is 4.85. The van der Waals surface area contributed by atoms with E-state index in [9.17, 15) is 31.1 Å². The summed E-state index contributed by atoms with van der Waals surface area (Å²) >= 11 is 11.9. The molecule has 0 radical (unpaired) electrons. The van der Waals surface area contributed by atoms with Gasteiger partial charge in [0.25, 0.3) is 0 Å². The van der Waals surface area contributed by atoms with Crippen LogP contribution < -0.4 is 20.7 Å². The second-order valence-corrected chi connectivity index (χ2v) is 8.32. The van der Waals surface area contributed by atoms with Crippen LogP contribution in [0, 0.1) is 0 Å². The number of hydrazine groups is 1. The third-order valence-corrected chi connectivity index (χ3v) is 5.86. The van der Waals surface area contributed by atoms with Crippen LogP contribution in [0.3, 0.4) is 0 Å². The van der Waals surface area contributed by atoms with E-state index in [4.69, 9.17) is 23.2 Å². The summed E-state index contributed by atoms with van der Waals surface area (Å²) in [5.74, 6) is -0.0259. The van der Waals surface area contributed by atoms with Gasteiger partial charge < -0.3 is 10.2 Å². The van der Waals surface area contributed by atoms with Crippen LogP contribution in [0.15, 0.2) is 24.5 Å². The maximum Gasteiger partial charge on any atom is 0.417 e. The fourth-order valence-electron chi connectivity index (χ4n) is 3.61. The van der Waals surface area contributed by atoms with Crippen LogP contribution in [0.1, 0.15) is 24.0 Å². The number of piperidine rings is 1. The van der Waals surface area contributed by atoms with Gasteiger partial charge in [-0.2, -0.15) is 31.8 Å². The molecule has 2 aliphatic rings. The van der Waals surface area contributed by atoms with Gasteiger partial charge in [-0.25, -0.2) is 19.8 Å². The number of amides is 2. The average Bonchev–Trinajstić information content (AvgIpc) is 3.03. The Bertz CT molecular complexity index is 1090. The summed E-state index contributed by atoms with van der Waals surface area (Å²) < 4.78 is 77.0. The van der Waals surface area contributed by atoms with E-state index in [1.165, 1.54) is 0 Å². The van der Waals surface area contributed by atoms with Gasteiger partial charge in [0.05, 0.1) is 21.2 Å². The molecule has 2 fully saturated rings. The molecule has 2 aromatic heterocycles. The van der Waals surface area contributed by atoms with Crippen LogP contribution in [0.25, 0.3) is 0 Å². The lowest BCUT2D eigenvalue weighted by Crippen LogP contribution is -2.58. The zero-order chi connectivity index (χ0) is 24.2. The van der Waals surface area contributed by atoms with E-state index < -0.39 is 35.2 Å². The van der Waals surface area contributed by atoms with Crippen molar-refractivity contribution in [3.05, 3.63) is 45.7 Å². The number of hydrogen-bond acceptors (Lipinski definition) is 5. The van der Waals surface area contributed by atoms with E-state index in [2.05, 4.69) is 20.7 Å². The molecular formula is C18H14Cl2F6N6O. The van der Waals surface area contributed by atoms with Crippen molar-refractivity contribution in [1.29, 1.82) is 0 Å². The van der Waals surface area contributed by atoms with Gasteiger partial charge in [-0.15, -0.1) is 0 Å². The van der Waals surface area contributed by atoms with Gasteiger partial charge in [0.1, 0.15) is 11.5 Å². The van der Waals surface area contributed by atoms with Crippen LogP contribution in [-0.4, -0.2) is 34.8 Å². The van der Waals surface area contributed by atoms with Crippen LogP contribution in [0.2, 0.25) is 10.0 Å². The number of rotatable bonds is 2. The lowest BCUT2D eigenvalue weighted by Gasteiger charge is -2.39. The van der Waals surface area contributed by atoms with E-state index >= 15 is 0 Å². The Balaban J connectivity index is 1.47. The number of carbonyl (C=O) groups is 1. The second kappa shape index (κ2) is 8.06. The molecule has 0 saturated carbocycles. The second-order valence-electron chi connectivity index (χ2n) is 7.50. The van der Waals surface area contributed by atoms with Gasteiger partial charge in [0.15, 0.2) is 5.82 Å². The molecule has 4 rings (SSSR count). The number of anilines is 2. The molecule has 2 aliphatic heterocycles. The monoisotopic (exact) mass is 514 g/mol. The summed E-state index contributed by atoms with van der Waals surface area (Å²) in [5, 5.41) is 3.13. The molecule has 15 heteroatoms. The topological polar surface area (TPSA) is 73.4 Å². The molecule has 2 aromatic rings. The van der Waals surface area contributed by atoms with Gasteiger partial charge in [0, 0.05) is 38.3 Å². The Morgan fingerprint density at radius 1 is 0.879 bits per heavy atom. The highest BCUT2D eigenvalue weighted by Crippen LogP contribution is 2.37. The highest BCUT2D eigenvalue weighted by molar-refractivity contribution is 6.33. The third kappa shape index (κ3) is 4.62. The largest absolute Gasteiger partial charge is 0.417 e. The van der Waals surface area contributed by atoms with Gasteiger partial charge in [-0.1, -0.05) is 23.2 Å². The van der Waals surface area contributed by atoms with Crippen molar-refractivity contribution in [3.8, 4) is 0 Å². The van der Waals surface area contributed by atoms with Crippen molar-refractivity contribution in [2.45, 2.75) is 30.9 Å². The number of aromatic nitrogens is 2. The Kier molecular flexibility index (Phi) is 5.78. The number of hydrogen-bond donors (Lipinski definition) is 2. The Labute approximate surface area is 192 Å². The fraction of sp³-hybridized carbons (Fsp3) is 0.389. The predicted molar refractivity (Wildman–Crippen MR) is 107 cm³/mol. The summed E-state index contributed by atoms with van der Waals surface area (Å²) in [6.45, 7) is 0.542. The van der Waals surface area contributed by atoms with Crippen molar-refractivity contribution in [3.63, 3.8) is 0 Å². The molecule has 0 atom stereocenters. The molecule has 0 aromatic carbocycles. The minimum absolute atomic E-state index is 0.161. The van der Waals surface area contributed by atoms with Crippen molar-refractivity contribution in [2.24, 2.45) is 0 Å². The number of pyridine rings is 2. The maximum atomic E-state index is 12.8. The van der Waals surface area contributed by atoms with Gasteiger partial charge >= 0.3 is 18.4 Å². The molecule has 0 aliphatic carbocycles. The average molecular weight is 515 g/mol. The van der Waals surface area contributed by atoms with E-state index in [0.717, 1.165) is 11.1 Å². The first kappa shape index (κ1) is 23.6. The number of nitrogens with zero attached hydrogens (tertiary/aromatic N) is 4. The molecule has 4 heterocycles. The Hall–Kier alpha value is -2.51. The molecular weight excluding hydrogens is 501 g/mol. The molecule has 33 heavy (non-hydrogen) atoms. The number of nitrogens with one attached hydrogen (secondary N) is 2. The van der Waals surface area contributed by atoms with Crippen LogP contribution in [0.4, 0.5) is 42.8 Å². The zero-order valence-corrected chi connectivity index (χ0v) is 17.9. The number of alkyl halides is 6. The highest BCUT2D eigenvalue weighted by Gasteiger charge is 2.46. The Morgan fingerprint density at radius 2 is 1.36 bits per heavy atom. The molecule has 2 saturated heterocycles. The standard InChI is InChI=1S/C18H14Cl2F6N6O/c19-11-5-9(17(21,22)23)7-27-13(11)31-3-1-16(2-4-31)29-15(33)32(30-16)14-12(20)6-10(8-28-14)18(24,25)26/h5-8,30H,1-4H2,(H,29,33). The molecule has 0 unspecified atom stereocenters. The lowest BCUT2D eigenvalue weighted by molar-refractivity contribution is -0.138. The first-order chi connectivity index (χ1) is 15.3. The number of halogens is 8. The van der Waals surface area contributed by atoms with Crippen molar-refractivity contribution in [2.75, 3.05) is 23.0 Å². The third-order valence-electron chi connectivity index (χ3n) is 5.30. The van der Waals surface area contributed by atoms with Crippen LogP contribution in [-0.2, 0) is 12.4 Å². The molecule has 2 N–H and O–H groups in total. The fourth-order valence-corrected chi connectivity index (χ4v) is 4.14. The maximum absolute atomic E-state index is 12.8. The lowest BCUT2D eigenvalue weighted by atomic mass is 9.98. The summed E-state index contributed by atoms with van der Waals surface area (Å²) in [6, 6.07) is 0.803. The first-order valence-electron chi connectivity index (χ1n) is 9.40. The molecule has 2 amide bonds. The molecule has 178 valence electrons. The minimum Gasteiger partial charge on any atom is -0.355 e. The van der Waals surface area contributed by atoms with Gasteiger partial charge in [-0.05, 0) is 12.1 Å². The minimum atomic E-state index is -4.64. The quantitative estimate of drug-likeness (QED) is 0.560. The molecule has 1 spiro atoms. The normalized spacial score (nSPS) is 18.7. The van der Waals surface area contributed by atoms with Crippen molar-refractivity contribution < 1.29 is 31.1 Å². The summed E-state index contributed by atoms with van der Waals surface area (Å²) in [5.41, 5.74) is -0.0783. The zero-order valence-electron chi connectivity index (χ0n) is 16.4. The van der Waals surface area contributed by atoms with Gasteiger partial charge in [-0.3, -0.25) is 0 Å². The van der Waals surface area contributed by atoms with E-state index in [0.29, 0.717) is 18.5 Å².